The molecule has 0 saturated carbocycles. The minimum Gasteiger partial charge on any atom is -0.491 e. The van der Waals surface area contributed by atoms with Gasteiger partial charge in [0.25, 0.3) is 0 Å². The van der Waals surface area contributed by atoms with Gasteiger partial charge in [0.15, 0.2) is 0 Å². The van der Waals surface area contributed by atoms with Crippen LogP contribution in [0.4, 0.5) is 17.2 Å². The predicted molar refractivity (Wildman–Crippen MR) is 133 cm³/mol. The van der Waals surface area contributed by atoms with Crippen molar-refractivity contribution in [2.45, 2.75) is 19.4 Å². The number of carbonyl (C=O) groups is 1. The third-order valence-electron chi connectivity index (χ3n) is 7.04. The Labute approximate surface area is 204 Å². The summed E-state index contributed by atoms with van der Waals surface area (Å²) >= 11 is 0. The molecule has 184 valence electrons. The fraction of sp³-hybridized carbons (Fsp3) is 0.480. The van der Waals surface area contributed by atoms with Gasteiger partial charge < -0.3 is 29.6 Å². The van der Waals surface area contributed by atoms with Crippen molar-refractivity contribution in [3.63, 3.8) is 0 Å². The lowest BCUT2D eigenvalue weighted by Crippen LogP contribution is -2.48. The molecule has 3 aromatic rings. The van der Waals surface area contributed by atoms with E-state index in [0.717, 1.165) is 85.4 Å². The largest absolute Gasteiger partial charge is 0.491 e. The fourth-order valence-corrected chi connectivity index (χ4v) is 5.12. The third kappa shape index (κ3) is 4.63. The molecule has 6 heterocycles. The summed E-state index contributed by atoms with van der Waals surface area (Å²) in [5, 5.41) is 4.51. The van der Waals surface area contributed by atoms with Crippen molar-refractivity contribution in [3.05, 3.63) is 36.3 Å². The number of morpholine rings is 1. The first kappa shape index (κ1) is 22.1. The highest BCUT2D eigenvalue weighted by atomic mass is 16.5. The maximum atomic E-state index is 12.8. The zero-order chi connectivity index (χ0) is 23.6. The van der Waals surface area contributed by atoms with Gasteiger partial charge in [-0.3, -0.25) is 9.69 Å². The fourth-order valence-electron chi connectivity index (χ4n) is 5.12. The first-order valence-corrected chi connectivity index (χ1v) is 12.4. The number of nitrogens with one attached hydrogen (secondary N) is 2. The molecular formula is C25H31N7O3. The van der Waals surface area contributed by atoms with Crippen LogP contribution in [0.15, 0.2) is 30.7 Å². The molecule has 1 amide bonds. The number of rotatable bonds is 1. The van der Waals surface area contributed by atoms with Crippen LogP contribution < -0.4 is 15.0 Å². The molecule has 2 aromatic heterocycles. The van der Waals surface area contributed by atoms with Crippen LogP contribution in [0.1, 0.15) is 18.4 Å². The zero-order valence-corrected chi connectivity index (χ0v) is 19.8. The number of amides is 1. The van der Waals surface area contributed by atoms with Gasteiger partial charge in [0.1, 0.15) is 23.5 Å². The van der Waals surface area contributed by atoms with E-state index in [9.17, 15) is 4.79 Å². The number of carbonyl (C=O) groups excluding carboxylic acids is 1. The Morgan fingerprint density at radius 1 is 0.943 bits per heavy atom. The van der Waals surface area contributed by atoms with Gasteiger partial charge in [-0.2, -0.15) is 0 Å². The second-order valence-electron chi connectivity index (χ2n) is 9.28. The highest BCUT2D eigenvalue weighted by Gasteiger charge is 2.23. The summed E-state index contributed by atoms with van der Waals surface area (Å²) in [5.41, 5.74) is 3.91. The summed E-state index contributed by atoms with van der Waals surface area (Å²) in [5.74, 6) is 1.79. The smallest absolute Gasteiger partial charge is 0.222 e. The molecule has 2 fully saturated rings. The van der Waals surface area contributed by atoms with E-state index in [-0.39, 0.29) is 5.91 Å². The van der Waals surface area contributed by atoms with Crippen LogP contribution in [-0.2, 0) is 16.1 Å². The van der Waals surface area contributed by atoms with E-state index < -0.39 is 0 Å². The second kappa shape index (κ2) is 9.71. The number of ether oxygens (including phenoxy) is 2. The first-order valence-electron chi connectivity index (χ1n) is 12.4. The summed E-state index contributed by atoms with van der Waals surface area (Å²) in [6, 6.07) is 6.19. The molecular weight excluding hydrogens is 446 g/mol. The predicted octanol–water partition coefficient (Wildman–Crippen LogP) is 2.35. The number of hydrogen-bond acceptors (Lipinski definition) is 8. The zero-order valence-electron chi connectivity index (χ0n) is 19.8. The summed E-state index contributed by atoms with van der Waals surface area (Å²) in [6.07, 6.45) is 4.80. The Morgan fingerprint density at radius 2 is 1.80 bits per heavy atom. The summed E-state index contributed by atoms with van der Waals surface area (Å²) in [6.45, 7) is 7.56. The van der Waals surface area contributed by atoms with Crippen LogP contribution in [-0.4, -0.2) is 89.7 Å². The minimum absolute atomic E-state index is 0.212. The SMILES string of the molecule is O=C1CCCOc2cc(ccc2N2CCOCC2)Nc2ncnc3[nH]cc(c23)CN2CCN1CC2. The first-order chi connectivity index (χ1) is 17.2. The number of nitrogens with zero attached hydrogens (tertiary/aromatic N) is 5. The second-order valence-corrected chi connectivity index (χ2v) is 9.28. The van der Waals surface area contributed by atoms with Crippen molar-refractivity contribution in [2.24, 2.45) is 0 Å². The normalized spacial score (nSPS) is 19.9. The lowest BCUT2D eigenvalue weighted by Gasteiger charge is -2.34. The van der Waals surface area contributed by atoms with Gasteiger partial charge in [-0.25, -0.2) is 9.97 Å². The van der Waals surface area contributed by atoms with Crippen LogP contribution in [0.25, 0.3) is 11.0 Å². The average molecular weight is 478 g/mol. The Morgan fingerprint density at radius 3 is 2.66 bits per heavy atom. The highest BCUT2D eigenvalue weighted by molar-refractivity contribution is 5.92. The average Bonchev–Trinajstić information content (AvgIpc) is 3.31. The molecule has 0 radical (unpaired) electrons. The van der Waals surface area contributed by atoms with E-state index in [1.54, 1.807) is 6.33 Å². The maximum Gasteiger partial charge on any atom is 0.222 e. The molecule has 0 atom stereocenters. The van der Waals surface area contributed by atoms with Gasteiger partial charge >= 0.3 is 0 Å². The van der Waals surface area contributed by atoms with E-state index in [1.807, 2.05) is 17.2 Å². The van der Waals surface area contributed by atoms with Crippen molar-refractivity contribution in [3.8, 4) is 5.75 Å². The molecule has 2 N–H and O–H groups in total. The van der Waals surface area contributed by atoms with Crippen molar-refractivity contribution < 1.29 is 14.3 Å². The monoisotopic (exact) mass is 477 g/mol. The van der Waals surface area contributed by atoms with Gasteiger partial charge in [-0.1, -0.05) is 0 Å². The number of aromatic nitrogens is 3. The number of benzene rings is 1. The van der Waals surface area contributed by atoms with Crippen molar-refractivity contribution >= 4 is 34.1 Å². The van der Waals surface area contributed by atoms with Crippen molar-refractivity contribution in [1.82, 2.24) is 24.8 Å². The minimum atomic E-state index is 0.212. The van der Waals surface area contributed by atoms with Crippen molar-refractivity contribution in [2.75, 3.05) is 69.3 Å². The molecule has 0 unspecified atom stereocenters. The van der Waals surface area contributed by atoms with Gasteiger partial charge in [0.05, 0.1) is 30.9 Å². The van der Waals surface area contributed by atoms with Gasteiger partial charge in [-0.15, -0.1) is 0 Å². The molecule has 4 aliphatic heterocycles. The molecule has 7 rings (SSSR count). The lowest BCUT2D eigenvalue weighted by molar-refractivity contribution is -0.133. The topological polar surface area (TPSA) is 98.8 Å². The van der Waals surface area contributed by atoms with Crippen LogP contribution in [0.3, 0.4) is 0 Å². The Balaban J connectivity index is 1.36. The molecule has 4 bridgehead atoms. The third-order valence-corrected chi connectivity index (χ3v) is 7.04. The quantitative estimate of drug-likeness (QED) is 0.551. The van der Waals surface area contributed by atoms with Crippen LogP contribution in [0, 0.1) is 0 Å². The summed E-state index contributed by atoms with van der Waals surface area (Å²) in [4.78, 5) is 31.8. The number of hydrogen-bond donors (Lipinski definition) is 2. The number of fused-ring (bicyclic) bond motifs is 6. The van der Waals surface area contributed by atoms with E-state index in [2.05, 4.69) is 42.2 Å². The number of piperazine rings is 1. The molecule has 1 aromatic carbocycles. The summed E-state index contributed by atoms with van der Waals surface area (Å²) in [7, 11) is 0. The Kier molecular flexibility index (Phi) is 6.13. The number of anilines is 3. The van der Waals surface area contributed by atoms with Gasteiger partial charge in [-0.05, 0) is 24.1 Å². The molecule has 10 heteroatoms. The van der Waals surface area contributed by atoms with E-state index in [1.165, 1.54) is 0 Å². The van der Waals surface area contributed by atoms with Crippen LogP contribution >= 0.6 is 0 Å². The molecule has 35 heavy (non-hydrogen) atoms. The van der Waals surface area contributed by atoms with Gasteiger partial charge in [0, 0.05) is 70.2 Å². The standard InChI is InChI=1S/C25H31N7O3/c33-22-2-1-11-35-21-14-19(3-4-20(21)31-9-12-34-13-10-31)29-25-23-18(15-26-24(23)27-17-28-25)16-30-5-7-32(22)8-6-30/h3-4,14-15,17H,1-2,5-13,16H2,(H2,26,27,28,29). The highest BCUT2D eigenvalue weighted by Crippen LogP contribution is 2.35. The van der Waals surface area contributed by atoms with Crippen LogP contribution in [0.2, 0.25) is 0 Å². The number of aromatic amines is 1. The van der Waals surface area contributed by atoms with E-state index >= 15 is 0 Å². The maximum absolute atomic E-state index is 12.8. The molecule has 0 aliphatic carbocycles. The van der Waals surface area contributed by atoms with Crippen molar-refractivity contribution in [1.29, 1.82) is 0 Å². The molecule has 4 aliphatic rings. The molecule has 2 saturated heterocycles. The lowest BCUT2D eigenvalue weighted by atomic mass is 10.2. The van der Waals surface area contributed by atoms with E-state index in [0.29, 0.717) is 32.7 Å². The molecule has 0 spiro atoms. The molecule has 10 nitrogen and oxygen atoms in total. The van der Waals surface area contributed by atoms with Crippen LogP contribution in [0.5, 0.6) is 5.75 Å². The van der Waals surface area contributed by atoms with E-state index in [4.69, 9.17) is 9.47 Å². The number of H-pyrrole nitrogens is 1. The Hall–Kier alpha value is -3.37. The Bertz CT molecular complexity index is 1200. The summed E-state index contributed by atoms with van der Waals surface area (Å²) < 4.78 is 11.8. The van der Waals surface area contributed by atoms with Gasteiger partial charge in [0.2, 0.25) is 5.91 Å².